The SMILES string of the molecule is O=C(OCC12CCC(C1)C1CCCC12)C1CC2C=CC1C2. The summed E-state index contributed by atoms with van der Waals surface area (Å²) in [7, 11) is 0. The number of hydrogen-bond acceptors (Lipinski definition) is 2. The van der Waals surface area contributed by atoms with Gasteiger partial charge in [-0.05, 0) is 74.5 Å². The van der Waals surface area contributed by atoms with Crippen molar-refractivity contribution in [1.29, 1.82) is 0 Å². The summed E-state index contributed by atoms with van der Waals surface area (Å²) in [6, 6.07) is 0. The van der Waals surface area contributed by atoms with Gasteiger partial charge in [0.2, 0.25) is 0 Å². The fourth-order valence-corrected chi connectivity index (χ4v) is 6.83. The van der Waals surface area contributed by atoms with E-state index in [1.807, 2.05) is 0 Å². The van der Waals surface area contributed by atoms with Crippen LogP contribution in [0.4, 0.5) is 0 Å². The second-order valence-electron chi connectivity index (χ2n) is 8.56. The van der Waals surface area contributed by atoms with Crippen molar-refractivity contribution in [3.8, 4) is 0 Å². The van der Waals surface area contributed by atoms with Crippen LogP contribution in [0, 0.1) is 40.9 Å². The third kappa shape index (κ3) is 1.74. The quantitative estimate of drug-likeness (QED) is 0.580. The van der Waals surface area contributed by atoms with Crippen molar-refractivity contribution in [3.63, 3.8) is 0 Å². The van der Waals surface area contributed by atoms with Crippen molar-refractivity contribution >= 4 is 5.97 Å². The van der Waals surface area contributed by atoms with Gasteiger partial charge < -0.3 is 4.74 Å². The molecule has 0 aromatic carbocycles. The lowest BCUT2D eigenvalue weighted by molar-refractivity contribution is -0.154. The fourth-order valence-electron chi connectivity index (χ4n) is 6.83. The number of carbonyl (C=O) groups excluding carboxylic acids is 1. The molecule has 0 aromatic rings. The van der Waals surface area contributed by atoms with Gasteiger partial charge in [0, 0.05) is 5.41 Å². The first kappa shape index (κ1) is 12.7. The highest BCUT2D eigenvalue weighted by molar-refractivity contribution is 5.74. The monoisotopic (exact) mass is 286 g/mol. The molecule has 5 rings (SSSR count). The maximum absolute atomic E-state index is 12.5. The second kappa shape index (κ2) is 4.36. The van der Waals surface area contributed by atoms with E-state index in [0.29, 0.717) is 17.3 Å². The summed E-state index contributed by atoms with van der Waals surface area (Å²) >= 11 is 0. The predicted octanol–water partition coefficient (Wildman–Crippen LogP) is 3.96. The summed E-state index contributed by atoms with van der Waals surface area (Å²) in [4.78, 5) is 12.5. The number of rotatable bonds is 3. The van der Waals surface area contributed by atoms with Crippen LogP contribution in [-0.2, 0) is 9.53 Å². The molecule has 114 valence electrons. The van der Waals surface area contributed by atoms with Gasteiger partial charge in [-0.2, -0.15) is 0 Å². The Labute approximate surface area is 127 Å². The van der Waals surface area contributed by atoms with E-state index in [0.717, 1.165) is 30.8 Å². The van der Waals surface area contributed by atoms with Crippen LogP contribution in [0.25, 0.3) is 0 Å². The Morgan fingerprint density at radius 2 is 2.14 bits per heavy atom. The number of hydrogen-bond donors (Lipinski definition) is 0. The van der Waals surface area contributed by atoms with E-state index in [1.54, 1.807) is 0 Å². The highest BCUT2D eigenvalue weighted by Gasteiger charge is 2.59. The van der Waals surface area contributed by atoms with Crippen LogP contribution in [0.15, 0.2) is 12.2 Å². The second-order valence-corrected chi connectivity index (χ2v) is 8.56. The Kier molecular flexibility index (Phi) is 2.64. The van der Waals surface area contributed by atoms with E-state index >= 15 is 0 Å². The maximum Gasteiger partial charge on any atom is 0.309 e. The van der Waals surface area contributed by atoms with Crippen LogP contribution < -0.4 is 0 Å². The van der Waals surface area contributed by atoms with Gasteiger partial charge in [-0.15, -0.1) is 0 Å². The molecule has 7 atom stereocenters. The van der Waals surface area contributed by atoms with Crippen molar-refractivity contribution in [2.75, 3.05) is 6.61 Å². The zero-order chi connectivity index (χ0) is 14.0. The first-order chi connectivity index (χ1) is 10.3. The van der Waals surface area contributed by atoms with Gasteiger partial charge in [0.15, 0.2) is 0 Å². The maximum atomic E-state index is 12.5. The van der Waals surface area contributed by atoms with Crippen LogP contribution in [0.3, 0.4) is 0 Å². The van der Waals surface area contributed by atoms with Gasteiger partial charge in [0.1, 0.15) is 0 Å². The molecule has 0 amide bonds. The summed E-state index contributed by atoms with van der Waals surface area (Å²) in [5.41, 5.74) is 0.384. The van der Waals surface area contributed by atoms with Crippen LogP contribution in [0.5, 0.6) is 0 Å². The minimum atomic E-state index is 0.117. The summed E-state index contributed by atoms with van der Waals surface area (Å²) in [6.07, 6.45) is 15.1. The molecule has 4 saturated carbocycles. The number of esters is 1. The number of fused-ring (bicyclic) bond motifs is 7. The Morgan fingerprint density at radius 3 is 2.95 bits per heavy atom. The number of allylic oxidation sites excluding steroid dienone is 2. The molecule has 2 nitrogen and oxygen atoms in total. The Hall–Kier alpha value is -0.790. The fraction of sp³-hybridized carbons (Fsp3) is 0.842. The molecule has 0 N–H and O–H groups in total. The largest absolute Gasteiger partial charge is 0.465 e. The molecule has 5 aliphatic rings. The molecule has 2 heteroatoms. The Morgan fingerprint density at radius 1 is 1.19 bits per heavy atom. The molecule has 0 spiro atoms. The summed E-state index contributed by atoms with van der Waals surface area (Å²) < 4.78 is 5.92. The standard InChI is InChI=1S/C19H26O2/c20-18(16-9-12-4-5-13(16)8-12)21-11-19-7-6-14(10-19)15-2-1-3-17(15)19/h4-5,12-17H,1-3,6-11H2. The van der Waals surface area contributed by atoms with Crippen molar-refractivity contribution < 1.29 is 9.53 Å². The van der Waals surface area contributed by atoms with E-state index in [-0.39, 0.29) is 11.9 Å². The first-order valence-corrected chi connectivity index (χ1v) is 9.10. The minimum Gasteiger partial charge on any atom is -0.465 e. The van der Waals surface area contributed by atoms with E-state index in [2.05, 4.69) is 12.2 Å². The Balaban J connectivity index is 1.26. The Bertz CT molecular complexity index is 496. The van der Waals surface area contributed by atoms with Gasteiger partial charge in [0.05, 0.1) is 12.5 Å². The van der Waals surface area contributed by atoms with Gasteiger partial charge in [-0.25, -0.2) is 0 Å². The molecule has 0 heterocycles. The lowest BCUT2D eigenvalue weighted by atomic mass is 9.72. The summed E-state index contributed by atoms with van der Waals surface area (Å²) in [6.45, 7) is 0.737. The van der Waals surface area contributed by atoms with Crippen LogP contribution in [0.2, 0.25) is 0 Å². The van der Waals surface area contributed by atoms with Crippen molar-refractivity contribution in [1.82, 2.24) is 0 Å². The molecule has 0 aliphatic heterocycles. The molecule has 0 radical (unpaired) electrons. The highest BCUT2D eigenvalue weighted by atomic mass is 16.5. The minimum absolute atomic E-state index is 0.117. The van der Waals surface area contributed by atoms with Gasteiger partial charge in [-0.3, -0.25) is 4.79 Å². The first-order valence-electron chi connectivity index (χ1n) is 9.10. The van der Waals surface area contributed by atoms with Crippen molar-refractivity contribution in [3.05, 3.63) is 12.2 Å². The third-order valence-corrected chi connectivity index (χ3v) is 7.73. The third-order valence-electron chi connectivity index (χ3n) is 7.73. The summed E-state index contributed by atoms with van der Waals surface area (Å²) in [5, 5.41) is 0. The van der Waals surface area contributed by atoms with Gasteiger partial charge in [0.25, 0.3) is 0 Å². The zero-order valence-corrected chi connectivity index (χ0v) is 12.8. The average molecular weight is 286 g/mol. The molecule has 7 unspecified atom stereocenters. The smallest absolute Gasteiger partial charge is 0.309 e. The number of carbonyl (C=O) groups is 1. The normalized spacial score (nSPS) is 52.6. The van der Waals surface area contributed by atoms with Crippen molar-refractivity contribution in [2.45, 2.75) is 51.4 Å². The van der Waals surface area contributed by atoms with E-state index < -0.39 is 0 Å². The van der Waals surface area contributed by atoms with Crippen LogP contribution in [-0.4, -0.2) is 12.6 Å². The molecule has 0 saturated heterocycles. The lowest BCUT2D eigenvalue weighted by Crippen LogP contribution is -2.34. The van der Waals surface area contributed by atoms with Crippen LogP contribution >= 0.6 is 0 Å². The molecule has 4 fully saturated rings. The van der Waals surface area contributed by atoms with E-state index in [1.165, 1.54) is 44.9 Å². The summed E-state index contributed by atoms with van der Waals surface area (Å²) in [5.74, 6) is 4.25. The molecule has 4 bridgehead atoms. The topological polar surface area (TPSA) is 26.3 Å². The lowest BCUT2D eigenvalue weighted by Gasteiger charge is -2.35. The van der Waals surface area contributed by atoms with Crippen molar-refractivity contribution in [2.24, 2.45) is 40.9 Å². The molecular weight excluding hydrogens is 260 g/mol. The van der Waals surface area contributed by atoms with Crippen LogP contribution in [0.1, 0.15) is 51.4 Å². The molecule has 5 aliphatic carbocycles. The van der Waals surface area contributed by atoms with Gasteiger partial charge in [-0.1, -0.05) is 18.6 Å². The zero-order valence-electron chi connectivity index (χ0n) is 12.8. The number of ether oxygens (including phenoxy) is 1. The van der Waals surface area contributed by atoms with Gasteiger partial charge >= 0.3 is 5.97 Å². The predicted molar refractivity (Wildman–Crippen MR) is 80.4 cm³/mol. The highest BCUT2D eigenvalue weighted by Crippen LogP contribution is 2.65. The molecular formula is C19H26O2. The van der Waals surface area contributed by atoms with E-state index in [4.69, 9.17) is 4.74 Å². The molecule has 21 heavy (non-hydrogen) atoms. The average Bonchev–Trinajstić information content (AvgIpc) is 3.29. The van der Waals surface area contributed by atoms with E-state index in [9.17, 15) is 4.79 Å². The molecule has 0 aromatic heterocycles.